The number of alkyl halides is 5. The van der Waals surface area contributed by atoms with E-state index in [1.165, 1.54) is 10.6 Å². The Hall–Kier alpha value is -4.47. The molecule has 1 unspecified atom stereocenters. The minimum atomic E-state index is -4.82. The first-order valence-electron chi connectivity index (χ1n) is 12.9. The van der Waals surface area contributed by atoms with Crippen LogP contribution < -0.4 is 16.4 Å². The molecule has 0 aliphatic carbocycles. The molecule has 2 aromatic carbocycles. The number of piperidine rings is 1. The number of rotatable bonds is 6. The normalized spacial score (nSPS) is 16.2. The maximum absolute atomic E-state index is 15.5. The van der Waals surface area contributed by atoms with Gasteiger partial charge < -0.3 is 16.4 Å². The molecule has 43 heavy (non-hydrogen) atoms. The highest BCUT2D eigenvalue weighted by atomic mass is 19.4. The maximum atomic E-state index is 15.5. The van der Waals surface area contributed by atoms with Crippen molar-refractivity contribution in [3.63, 3.8) is 0 Å². The van der Waals surface area contributed by atoms with Crippen LogP contribution in [0.15, 0.2) is 42.7 Å². The number of hydrogen-bond acceptors (Lipinski definition) is 5. The second kappa shape index (κ2) is 11.7. The summed E-state index contributed by atoms with van der Waals surface area (Å²) in [5.74, 6) is -3.47. The van der Waals surface area contributed by atoms with Gasteiger partial charge in [0.2, 0.25) is 0 Å². The third-order valence-corrected chi connectivity index (χ3v) is 7.07. The van der Waals surface area contributed by atoms with Crippen molar-refractivity contribution in [2.75, 3.05) is 29.5 Å². The van der Waals surface area contributed by atoms with Gasteiger partial charge >= 0.3 is 12.2 Å². The highest BCUT2D eigenvalue weighted by Gasteiger charge is 2.32. The van der Waals surface area contributed by atoms with E-state index in [9.17, 15) is 31.1 Å². The Morgan fingerprint density at radius 1 is 0.977 bits per heavy atom. The molecule has 1 fully saturated rings. The number of likely N-dealkylation sites (tertiary alicyclic amines) is 1. The molecule has 0 saturated carbocycles. The number of nitrogens with zero attached hydrogens (tertiary/aromatic N) is 4. The smallest absolute Gasteiger partial charge is 0.382 e. The number of amides is 2. The molecule has 2 amide bonds. The predicted molar refractivity (Wildman–Crippen MR) is 141 cm³/mol. The number of benzene rings is 2. The van der Waals surface area contributed by atoms with Crippen LogP contribution in [0.1, 0.15) is 36.6 Å². The third kappa shape index (κ3) is 6.18. The lowest BCUT2D eigenvalue weighted by molar-refractivity contribution is -0.137. The van der Waals surface area contributed by atoms with Crippen molar-refractivity contribution in [2.24, 2.45) is 0 Å². The molecular formula is C27H23F8N7O. The SMILES string of the molecule is Nc1ncnn2c(C3CCCCN3CC(F)F)cc(-c3cc(F)c(NC(=O)Nc4cc(C(F)(F)F)ccc4F)cc3F)c12. The molecule has 8 nitrogen and oxygen atoms in total. The number of nitrogen functional groups attached to an aromatic ring is 1. The van der Waals surface area contributed by atoms with Crippen LogP contribution >= 0.6 is 0 Å². The summed E-state index contributed by atoms with van der Waals surface area (Å²) in [7, 11) is 0. The van der Waals surface area contributed by atoms with Crippen molar-refractivity contribution < 1.29 is 39.9 Å². The Morgan fingerprint density at radius 2 is 1.70 bits per heavy atom. The lowest BCUT2D eigenvalue weighted by Crippen LogP contribution is -2.37. The average molecular weight is 614 g/mol. The molecule has 0 radical (unpaired) electrons. The van der Waals surface area contributed by atoms with Crippen LogP contribution in [-0.2, 0) is 6.18 Å². The van der Waals surface area contributed by atoms with Crippen LogP contribution in [0.5, 0.6) is 0 Å². The second-order valence-electron chi connectivity index (χ2n) is 9.87. The molecule has 4 aromatic rings. The van der Waals surface area contributed by atoms with E-state index in [1.54, 1.807) is 4.90 Å². The Bertz CT molecular complexity index is 1670. The average Bonchev–Trinajstić information content (AvgIpc) is 3.31. The van der Waals surface area contributed by atoms with Gasteiger partial charge in [-0.05, 0) is 49.7 Å². The number of nitrogens with two attached hydrogens (primary N) is 1. The van der Waals surface area contributed by atoms with Crippen LogP contribution in [0.4, 0.5) is 57.1 Å². The van der Waals surface area contributed by atoms with Crippen LogP contribution in [0.25, 0.3) is 16.6 Å². The summed E-state index contributed by atoms with van der Waals surface area (Å²) >= 11 is 0. The first-order valence-corrected chi connectivity index (χ1v) is 12.9. The number of urea groups is 1. The predicted octanol–water partition coefficient (Wildman–Crippen LogP) is 6.85. The molecule has 1 atom stereocenters. The van der Waals surface area contributed by atoms with Gasteiger partial charge in [0, 0.05) is 17.2 Å². The molecule has 1 saturated heterocycles. The fourth-order valence-electron chi connectivity index (χ4n) is 5.18. The molecule has 3 heterocycles. The van der Waals surface area contributed by atoms with E-state index in [1.807, 2.05) is 10.6 Å². The molecule has 2 aromatic heterocycles. The van der Waals surface area contributed by atoms with E-state index < -0.39 is 65.6 Å². The van der Waals surface area contributed by atoms with Gasteiger partial charge in [0.25, 0.3) is 6.43 Å². The van der Waals surface area contributed by atoms with E-state index in [-0.39, 0.29) is 22.5 Å². The van der Waals surface area contributed by atoms with Gasteiger partial charge in [-0.3, -0.25) is 4.90 Å². The summed E-state index contributed by atoms with van der Waals surface area (Å²) in [6, 6.07) is 2.32. The maximum Gasteiger partial charge on any atom is 0.416 e. The minimum absolute atomic E-state index is 0.0640. The Balaban J connectivity index is 1.47. The molecule has 0 spiro atoms. The summed E-state index contributed by atoms with van der Waals surface area (Å²) in [6.45, 7) is -0.0996. The van der Waals surface area contributed by atoms with Crippen LogP contribution in [0.2, 0.25) is 0 Å². The first-order chi connectivity index (χ1) is 20.3. The third-order valence-electron chi connectivity index (χ3n) is 7.07. The Morgan fingerprint density at radius 3 is 2.40 bits per heavy atom. The molecule has 228 valence electrons. The highest BCUT2D eigenvalue weighted by molar-refractivity contribution is 6.00. The fraction of sp³-hybridized carbons (Fsp3) is 0.296. The van der Waals surface area contributed by atoms with Gasteiger partial charge in [-0.2, -0.15) is 18.3 Å². The van der Waals surface area contributed by atoms with E-state index >= 15 is 8.78 Å². The number of nitrogens with one attached hydrogen (secondary N) is 2. The van der Waals surface area contributed by atoms with Gasteiger partial charge in [0.15, 0.2) is 5.82 Å². The van der Waals surface area contributed by atoms with E-state index in [0.717, 1.165) is 18.8 Å². The lowest BCUT2D eigenvalue weighted by atomic mass is 9.98. The molecule has 0 bridgehead atoms. The first kappa shape index (κ1) is 30.0. The molecular weight excluding hydrogens is 590 g/mol. The topological polar surface area (TPSA) is 101 Å². The quantitative estimate of drug-likeness (QED) is 0.207. The van der Waals surface area contributed by atoms with Gasteiger partial charge in [-0.25, -0.2) is 36.2 Å². The van der Waals surface area contributed by atoms with Gasteiger partial charge in [-0.1, -0.05) is 6.42 Å². The Labute approximate surface area is 238 Å². The summed E-state index contributed by atoms with van der Waals surface area (Å²) in [6.07, 6.45) is -4.32. The molecule has 1 aliphatic rings. The number of carbonyl (C=O) groups is 1. The van der Waals surface area contributed by atoms with Gasteiger partial charge in [0.05, 0.1) is 35.2 Å². The standard InChI is InChI=1S/C27H23F8N7O/c28-16-5-4-13(27(33,34)35)7-19(16)39-26(43)40-20-10-17(29)14(8-18(20)30)15-9-22(42-24(15)25(36)37-12-38-42)21-3-1-2-6-41(21)11-23(31)32/h4-5,7-10,12,21,23H,1-3,6,11H2,(H2,36,37,38)(H2,39,40,43). The molecule has 4 N–H and O–H groups in total. The highest BCUT2D eigenvalue weighted by Crippen LogP contribution is 2.40. The van der Waals surface area contributed by atoms with E-state index in [4.69, 9.17) is 5.73 Å². The number of hydrogen-bond donors (Lipinski definition) is 3. The number of fused-ring (bicyclic) bond motifs is 1. The van der Waals surface area contributed by atoms with Crippen molar-refractivity contribution in [3.05, 3.63) is 71.4 Å². The summed E-state index contributed by atoms with van der Waals surface area (Å²) in [5.41, 5.74) is 3.58. The van der Waals surface area contributed by atoms with Crippen LogP contribution in [0.3, 0.4) is 0 Å². The van der Waals surface area contributed by atoms with Gasteiger partial charge in [-0.15, -0.1) is 0 Å². The van der Waals surface area contributed by atoms with E-state index in [0.29, 0.717) is 49.3 Å². The van der Waals surface area contributed by atoms with Crippen molar-refractivity contribution in [3.8, 4) is 11.1 Å². The zero-order chi connectivity index (χ0) is 31.1. The monoisotopic (exact) mass is 613 g/mol. The zero-order valence-corrected chi connectivity index (χ0v) is 22.0. The Kier molecular flexibility index (Phi) is 8.14. The number of anilines is 3. The number of halogens is 8. The second-order valence-corrected chi connectivity index (χ2v) is 9.87. The summed E-state index contributed by atoms with van der Waals surface area (Å²) in [4.78, 5) is 17.9. The molecule has 16 heteroatoms. The van der Waals surface area contributed by atoms with Crippen LogP contribution in [0, 0.1) is 17.5 Å². The summed E-state index contributed by atoms with van der Waals surface area (Å²) in [5, 5.41) is 7.98. The zero-order valence-electron chi connectivity index (χ0n) is 22.0. The number of carbonyl (C=O) groups excluding carboxylic acids is 1. The van der Waals surface area contributed by atoms with Crippen molar-refractivity contribution in [2.45, 2.75) is 37.9 Å². The van der Waals surface area contributed by atoms with Crippen molar-refractivity contribution >= 4 is 28.7 Å². The molecule has 1 aliphatic heterocycles. The van der Waals surface area contributed by atoms with Gasteiger partial charge in [0.1, 0.15) is 29.3 Å². The lowest BCUT2D eigenvalue weighted by Gasteiger charge is -2.35. The summed E-state index contributed by atoms with van der Waals surface area (Å²) < 4.78 is 112. The van der Waals surface area contributed by atoms with Crippen LogP contribution in [-0.4, -0.2) is 45.0 Å². The number of aromatic nitrogens is 3. The fourth-order valence-corrected chi connectivity index (χ4v) is 5.18. The molecule has 5 rings (SSSR count). The van der Waals surface area contributed by atoms with E-state index in [2.05, 4.69) is 10.1 Å². The van der Waals surface area contributed by atoms with Crippen molar-refractivity contribution in [1.29, 1.82) is 0 Å². The van der Waals surface area contributed by atoms with Crippen molar-refractivity contribution in [1.82, 2.24) is 19.5 Å². The largest absolute Gasteiger partial charge is 0.416 e. The minimum Gasteiger partial charge on any atom is -0.382 e.